The van der Waals surface area contributed by atoms with Gasteiger partial charge < -0.3 is 9.15 Å². The molecule has 1 aliphatic heterocycles. The van der Waals surface area contributed by atoms with Crippen molar-refractivity contribution < 1.29 is 23.5 Å². The molecule has 7 nitrogen and oxygen atoms in total. The molecule has 0 aliphatic carbocycles. The lowest BCUT2D eigenvalue weighted by Gasteiger charge is -2.24. The number of benzene rings is 2. The lowest BCUT2D eigenvalue weighted by atomic mass is 10.1. The smallest absolute Gasteiger partial charge is 0.329 e. The fourth-order valence-corrected chi connectivity index (χ4v) is 3.74. The van der Waals surface area contributed by atoms with Crippen molar-refractivity contribution >= 4 is 40.6 Å². The topological polar surface area (TPSA) is 89.7 Å². The molecule has 0 spiro atoms. The molecule has 4 rings (SSSR count). The van der Waals surface area contributed by atoms with E-state index in [9.17, 15) is 14.4 Å². The van der Waals surface area contributed by atoms with E-state index in [1.165, 1.54) is 11.8 Å². The number of imide groups is 1. The predicted molar refractivity (Wildman–Crippen MR) is 108 cm³/mol. The summed E-state index contributed by atoms with van der Waals surface area (Å²) >= 11 is 1.52. The summed E-state index contributed by atoms with van der Waals surface area (Å²) in [6.07, 6.45) is 2.20. The van der Waals surface area contributed by atoms with Gasteiger partial charge in [-0.3, -0.25) is 14.5 Å². The van der Waals surface area contributed by atoms with Crippen LogP contribution in [0.3, 0.4) is 0 Å². The largest absolute Gasteiger partial charge is 0.454 e. The van der Waals surface area contributed by atoms with Gasteiger partial charge in [0.05, 0.1) is 11.1 Å². The highest BCUT2D eigenvalue weighted by Crippen LogP contribution is 2.27. The molecule has 0 saturated carbocycles. The summed E-state index contributed by atoms with van der Waals surface area (Å²) in [6.45, 7) is -0.174. The van der Waals surface area contributed by atoms with E-state index in [1.54, 1.807) is 36.4 Å². The Morgan fingerprint density at radius 2 is 1.76 bits per heavy atom. The maximum Gasteiger partial charge on any atom is 0.329 e. The Bertz CT molecular complexity index is 1030. The minimum atomic E-state index is -1.00. The molecular formula is C21H18N2O5S. The first kappa shape index (κ1) is 19.2. The predicted octanol–water partition coefficient (Wildman–Crippen LogP) is 3.29. The van der Waals surface area contributed by atoms with Gasteiger partial charge in [-0.1, -0.05) is 24.3 Å². The molecule has 1 unspecified atom stereocenters. The molecule has 3 aromatic rings. The van der Waals surface area contributed by atoms with Crippen LogP contribution in [0.15, 0.2) is 52.9 Å². The van der Waals surface area contributed by atoms with Crippen LogP contribution in [0.25, 0.3) is 11.1 Å². The van der Waals surface area contributed by atoms with Crippen molar-refractivity contribution in [3.05, 3.63) is 65.5 Å². The van der Waals surface area contributed by atoms with E-state index in [0.29, 0.717) is 34.4 Å². The minimum Gasteiger partial charge on any atom is -0.454 e. The quantitative estimate of drug-likeness (QED) is 0.436. The second kappa shape index (κ2) is 8.08. The van der Waals surface area contributed by atoms with Crippen LogP contribution in [0.2, 0.25) is 0 Å². The number of esters is 1. The van der Waals surface area contributed by atoms with E-state index in [1.807, 2.05) is 18.4 Å². The molecule has 148 valence electrons. The number of carbonyl (C=O) groups excluding carboxylic acids is 3. The Kier molecular flexibility index (Phi) is 5.35. The Hall–Kier alpha value is -3.13. The van der Waals surface area contributed by atoms with Gasteiger partial charge in [-0.15, -0.1) is 0 Å². The maximum absolute atomic E-state index is 12.8. The lowest BCUT2D eigenvalue weighted by molar-refractivity contribution is -0.150. The van der Waals surface area contributed by atoms with Gasteiger partial charge in [-0.05, 0) is 42.7 Å². The molecule has 0 saturated heterocycles. The molecule has 0 bridgehead atoms. The first-order chi connectivity index (χ1) is 14.1. The van der Waals surface area contributed by atoms with Crippen LogP contribution in [0, 0.1) is 0 Å². The number of fused-ring (bicyclic) bond motifs is 2. The number of para-hydroxylation sites is 2. The van der Waals surface area contributed by atoms with E-state index >= 15 is 0 Å². The van der Waals surface area contributed by atoms with Crippen LogP contribution in [0.5, 0.6) is 0 Å². The standard InChI is InChI=1S/C21H18N2O5S/c1-29-11-10-16(23-19(24)13-6-2-3-7-14(13)20(23)25)21(26)27-12-18-22-15-8-4-5-9-17(15)28-18/h2-9,16H,10-12H2,1H3. The van der Waals surface area contributed by atoms with Gasteiger partial charge in [0.15, 0.2) is 12.2 Å². The summed E-state index contributed by atoms with van der Waals surface area (Å²) in [5.41, 5.74) is 1.87. The lowest BCUT2D eigenvalue weighted by Crippen LogP contribution is -2.46. The molecule has 2 amide bonds. The van der Waals surface area contributed by atoms with Gasteiger partial charge in [-0.2, -0.15) is 11.8 Å². The highest BCUT2D eigenvalue weighted by molar-refractivity contribution is 7.98. The van der Waals surface area contributed by atoms with Crippen molar-refractivity contribution in [3.8, 4) is 0 Å². The number of ether oxygens (including phenoxy) is 1. The number of nitrogens with zero attached hydrogens (tertiary/aromatic N) is 2. The van der Waals surface area contributed by atoms with E-state index in [0.717, 1.165) is 4.90 Å². The van der Waals surface area contributed by atoms with Crippen LogP contribution < -0.4 is 0 Å². The molecule has 1 aromatic heterocycles. The second-order valence-electron chi connectivity index (χ2n) is 6.51. The third kappa shape index (κ3) is 3.63. The number of hydrogen-bond donors (Lipinski definition) is 0. The molecular weight excluding hydrogens is 392 g/mol. The fourth-order valence-electron chi connectivity index (χ4n) is 3.28. The average Bonchev–Trinajstić information content (AvgIpc) is 3.27. The third-order valence-corrected chi connectivity index (χ3v) is 5.32. The third-order valence-electron chi connectivity index (χ3n) is 4.68. The van der Waals surface area contributed by atoms with Crippen LogP contribution in [0.1, 0.15) is 33.0 Å². The molecule has 0 N–H and O–H groups in total. The summed E-state index contributed by atoms with van der Waals surface area (Å²) in [5, 5.41) is 0. The van der Waals surface area contributed by atoms with Crippen molar-refractivity contribution in [2.45, 2.75) is 19.1 Å². The Morgan fingerprint density at radius 3 is 2.41 bits per heavy atom. The Labute approximate surface area is 171 Å². The summed E-state index contributed by atoms with van der Waals surface area (Å²) in [7, 11) is 0. The Balaban J connectivity index is 1.52. The van der Waals surface area contributed by atoms with Crippen LogP contribution >= 0.6 is 11.8 Å². The number of thioether (sulfide) groups is 1. The van der Waals surface area contributed by atoms with Gasteiger partial charge in [0, 0.05) is 0 Å². The van der Waals surface area contributed by atoms with E-state index < -0.39 is 23.8 Å². The summed E-state index contributed by atoms with van der Waals surface area (Å²) in [4.78, 5) is 43.6. The Morgan fingerprint density at radius 1 is 1.10 bits per heavy atom. The number of aromatic nitrogens is 1. The first-order valence-corrected chi connectivity index (χ1v) is 10.5. The monoisotopic (exact) mass is 410 g/mol. The molecule has 1 aliphatic rings. The van der Waals surface area contributed by atoms with E-state index in [-0.39, 0.29) is 12.5 Å². The molecule has 0 radical (unpaired) electrons. The molecule has 2 aromatic carbocycles. The molecule has 1 atom stereocenters. The fraction of sp³-hybridized carbons (Fsp3) is 0.238. The van der Waals surface area contributed by atoms with Gasteiger partial charge in [0.1, 0.15) is 11.6 Å². The van der Waals surface area contributed by atoms with Crippen molar-refractivity contribution in [1.82, 2.24) is 9.88 Å². The normalized spacial score (nSPS) is 14.3. The van der Waals surface area contributed by atoms with Gasteiger partial charge in [0.25, 0.3) is 11.8 Å². The van der Waals surface area contributed by atoms with Gasteiger partial charge in [0.2, 0.25) is 5.89 Å². The molecule has 0 fully saturated rings. The zero-order chi connectivity index (χ0) is 20.4. The van der Waals surface area contributed by atoms with Crippen molar-refractivity contribution in [2.24, 2.45) is 0 Å². The van der Waals surface area contributed by atoms with Crippen LogP contribution in [-0.4, -0.2) is 45.7 Å². The number of rotatable bonds is 7. The highest BCUT2D eigenvalue weighted by Gasteiger charge is 2.43. The zero-order valence-corrected chi connectivity index (χ0v) is 16.5. The van der Waals surface area contributed by atoms with E-state index in [4.69, 9.17) is 9.15 Å². The van der Waals surface area contributed by atoms with E-state index in [2.05, 4.69) is 4.98 Å². The number of carbonyl (C=O) groups is 3. The SMILES string of the molecule is CSCCC(C(=O)OCc1nc2ccccc2o1)N1C(=O)c2ccccc2C1=O. The van der Waals surface area contributed by atoms with Crippen LogP contribution in [-0.2, 0) is 16.1 Å². The molecule has 29 heavy (non-hydrogen) atoms. The van der Waals surface area contributed by atoms with Crippen LogP contribution in [0.4, 0.5) is 0 Å². The average molecular weight is 410 g/mol. The maximum atomic E-state index is 12.8. The summed E-state index contributed by atoms with van der Waals surface area (Å²) in [6, 6.07) is 12.8. The van der Waals surface area contributed by atoms with Crippen molar-refractivity contribution in [2.75, 3.05) is 12.0 Å². The number of oxazole rings is 1. The second-order valence-corrected chi connectivity index (χ2v) is 7.49. The zero-order valence-electron chi connectivity index (χ0n) is 15.7. The van der Waals surface area contributed by atoms with Gasteiger partial charge in [-0.25, -0.2) is 9.78 Å². The molecule has 2 heterocycles. The molecule has 8 heteroatoms. The van der Waals surface area contributed by atoms with Crippen molar-refractivity contribution in [3.63, 3.8) is 0 Å². The number of amides is 2. The number of hydrogen-bond acceptors (Lipinski definition) is 7. The highest BCUT2D eigenvalue weighted by atomic mass is 32.2. The summed E-state index contributed by atoms with van der Waals surface area (Å²) < 4.78 is 10.9. The summed E-state index contributed by atoms with van der Waals surface area (Å²) in [5.74, 6) is -0.761. The first-order valence-electron chi connectivity index (χ1n) is 9.07. The van der Waals surface area contributed by atoms with Crippen molar-refractivity contribution in [1.29, 1.82) is 0 Å². The minimum absolute atomic E-state index is 0.174. The van der Waals surface area contributed by atoms with Gasteiger partial charge >= 0.3 is 5.97 Å².